The number of ether oxygens (including phenoxy) is 2. The van der Waals surface area contributed by atoms with Gasteiger partial charge >= 0.3 is 0 Å². The second-order valence-corrected chi connectivity index (χ2v) is 6.57. The van der Waals surface area contributed by atoms with Gasteiger partial charge in [0.1, 0.15) is 5.75 Å². The summed E-state index contributed by atoms with van der Waals surface area (Å²) in [6.45, 7) is 8.10. The lowest BCUT2D eigenvalue weighted by molar-refractivity contribution is 0.0628. The largest absolute Gasteiger partial charge is 0.494 e. The minimum absolute atomic E-state index is 0.153. The van der Waals surface area contributed by atoms with E-state index in [1.165, 1.54) is 36.0 Å². The smallest absolute Gasteiger partial charge is 0.119 e. The van der Waals surface area contributed by atoms with Crippen LogP contribution in [0.25, 0.3) is 11.1 Å². The molecule has 25 heavy (non-hydrogen) atoms. The number of benzene rings is 2. The molecule has 0 fully saturated rings. The third-order valence-electron chi connectivity index (χ3n) is 4.41. The molecular formula is C23H32O2. The monoisotopic (exact) mass is 340 g/mol. The number of hydrogen-bond donors (Lipinski definition) is 0. The maximum Gasteiger partial charge on any atom is 0.119 e. The lowest BCUT2D eigenvalue weighted by atomic mass is 10.0. The summed E-state index contributed by atoms with van der Waals surface area (Å²) in [6, 6.07) is 17.0. The zero-order valence-corrected chi connectivity index (χ0v) is 16.0. The predicted octanol–water partition coefficient (Wildman–Crippen LogP) is 6.80. The molecule has 136 valence electrons. The average molecular weight is 341 g/mol. The van der Waals surface area contributed by atoms with Crippen LogP contribution in [0.1, 0.15) is 64.5 Å². The van der Waals surface area contributed by atoms with Gasteiger partial charge in [-0.2, -0.15) is 0 Å². The standard InChI is InChI=1S/C23H32O2/c1-4-6-7-8-18-24-19(3)20-9-11-21(12-10-20)22-13-15-23(16-14-22)25-17-5-2/h9-16,19H,4-8,17-18H2,1-3H3. The molecule has 0 bridgehead atoms. The summed E-state index contributed by atoms with van der Waals surface area (Å²) < 4.78 is 11.6. The summed E-state index contributed by atoms with van der Waals surface area (Å²) in [4.78, 5) is 0. The minimum atomic E-state index is 0.153. The van der Waals surface area contributed by atoms with Crippen molar-refractivity contribution in [3.63, 3.8) is 0 Å². The highest BCUT2D eigenvalue weighted by molar-refractivity contribution is 5.64. The first kappa shape index (κ1) is 19.5. The van der Waals surface area contributed by atoms with Gasteiger partial charge in [-0.1, -0.05) is 69.5 Å². The van der Waals surface area contributed by atoms with Crippen molar-refractivity contribution in [2.24, 2.45) is 0 Å². The highest BCUT2D eigenvalue weighted by atomic mass is 16.5. The first-order valence-corrected chi connectivity index (χ1v) is 9.69. The summed E-state index contributed by atoms with van der Waals surface area (Å²) >= 11 is 0. The molecule has 0 aliphatic rings. The van der Waals surface area contributed by atoms with Gasteiger partial charge in [-0.15, -0.1) is 0 Å². The van der Waals surface area contributed by atoms with Gasteiger partial charge in [-0.05, 0) is 48.6 Å². The number of unbranched alkanes of at least 4 members (excludes halogenated alkanes) is 3. The maximum absolute atomic E-state index is 5.96. The van der Waals surface area contributed by atoms with Crippen LogP contribution >= 0.6 is 0 Å². The third-order valence-corrected chi connectivity index (χ3v) is 4.41. The van der Waals surface area contributed by atoms with E-state index in [4.69, 9.17) is 9.47 Å². The van der Waals surface area contributed by atoms with Crippen LogP contribution < -0.4 is 4.74 Å². The molecule has 2 nitrogen and oxygen atoms in total. The highest BCUT2D eigenvalue weighted by Crippen LogP contribution is 2.25. The Hall–Kier alpha value is -1.80. The van der Waals surface area contributed by atoms with Crippen molar-refractivity contribution in [3.05, 3.63) is 54.1 Å². The Morgan fingerprint density at radius 2 is 1.36 bits per heavy atom. The molecule has 0 amide bonds. The SMILES string of the molecule is CCCCCCOC(C)c1ccc(-c2ccc(OCCC)cc2)cc1. The van der Waals surface area contributed by atoms with Crippen LogP contribution in [0.4, 0.5) is 0 Å². The Morgan fingerprint density at radius 1 is 0.720 bits per heavy atom. The molecule has 0 heterocycles. The molecule has 2 aromatic rings. The van der Waals surface area contributed by atoms with Crippen molar-refractivity contribution < 1.29 is 9.47 Å². The van der Waals surface area contributed by atoms with Crippen molar-refractivity contribution in [1.29, 1.82) is 0 Å². The molecule has 0 spiro atoms. The Balaban J connectivity index is 1.88. The topological polar surface area (TPSA) is 18.5 Å². The summed E-state index contributed by atoms with van der Waals surface area (Å²) in [5.74, 6) is 0.937. The fourth-order valence-corrected chi connectivity index (χ4v) is 2.80. The number of hydrogen-bond acceptors (Lipinski definition) is 2. The van der Waals surface area contributed by atoms with Crippen molar-refractivity contribution in [1.82, 2.24) is 0 Å². The quantitative estimate of drug-likeness (QED) is 0.419. The Kier molecular flexibility index (Phi) is 8.54. The fraction of sp³-hybridized carbons (Fsp3) is 0.478. The van der Waals surface area contributed by atoms with Crippen molar-refractivity contribution in [2.75, 3.05) is 13.2 Å². The fourth-order valence-electron chi connectivity index (χ4n) is 2.80. The van der Waals surface area contributed by atoms with E-state index in [-0.39, 0.29) is 6.10 Å². The molecule has 0 radical (unpaired) electrons. The van der Waals surface area contributed by atoms with E-state index in [0.717, 1.165) is 31.8 Å². The molecule has 1 atom stereocenters. The van der Waals surface area contributed by atoms with Crippen LogP contribution in [0.5, 0.6) is 5.75 Å². The second-order valence-electron chi connectivity index (χ2n) is 6.57. The lowest BCUT2D eigenvalue weighted by Crippen LogP contribution is -2.01. The van der Waals surface area contributed by atoms with Crippen LogP contribution in [0.2, 0.25) is 0 Å². The van der Waals surface area contributed by atoms with E-state index < -0.39 is 0 Å². The summed E-state index contributed by atoms with van der Waals surface area (Å²) in [7, 11) is 0. The molecule has 0 N–H and O–H groups in total. The molecule has 2 aromatic carbocycles. The van der Waals surface area contributed by atoms with Gasteiger partial charge in [-0.3, -0.25) is 0 Å². The van der Waals surface area contributed by atoms with Crippen LogP contribution in [0.15, 0.2) is 48.5 Å². The molecular weight excluding hydrogens is 308 g/mol. The van der Waals surface area contributed by atoms with Gasteiger partial charge in [0.15, 0.2) is 0 Å². The summed E-state index contributed by atoms with van der Waals surface area (Å²) in [6.07, 6.45) is 6.17. The Labute approximate surface area is 153 Å². The third kappa shape index (κ3) is 6.55. The Bertz CT molecular complexity index is 586. The maximum atomic E-state index is 5.96. The molecule has 0 saturated heterocycles. The minimum Gasteiger partial charge on any atom is -0.494 e. The van der Waals surface area contributed by atoms with E-state index in [0.29, 0.717) is 0 Å². The first-order valence-electron chi connectivity index (χ1n) is 9.69. The van der Waals surface area contributed by atoms with Crippen LogP contribution in [-0.4, -0.2) is 13.2 Å². The first-order chi connectivity index (χ1) is 12.2. The molecule has 2 heteroatoms. The molecule has 2 rings (SSSR count). The molecule has 1 unspecified atom stereocenters. The zero-order valence-electron chi connectivity index (χ0n) is 16.0. The number of rotatable bonds is 11. The Morgan fingerprint density at radius 3 is 1.96 bits per heavy atom. The van der Waals surface area contributed by atoms with E-state index in [9.17, 15) is 0 Å². The van der Waals surface area contributed by atoms with Crippen molar-refractivity contribution in [2.45, 2.75) is 59.0 Å². The van der Waals surface area contributed by atoms with Crippen molar-refractivity contribution in [3.8, 4) is 16.9 Å². The normalized spacial score (nSPS) is 12.1. The molecule has 0 saturated carbocycles. The van der Waals surface area contributed by atoms with Crippen molar-refractivity contribution >= 4 is 0 Å². The van der Waals surface area contributed by atoms with Crippen LogP contribution in [0.3, 0.4) is 0 Å². The zero-order chi connectivity index (χ0) is 17.9. The van der Waals surface area contributed by atoms with Crippen LogP contribution in [0, 0.1) is 0 Å². The van der Waals surface area contributed by atoms with Crippen LogP contribution in [-0.2, 0) is 4.74 Å². The highest BCUT2D eigenvalue weighted by Gasteiger charge is 2.06. The van der Waals surface area contributed by atoms with Gasteiger partial charge in [0, 0.05) is 6.61 Å². The van der Waals surface area contributed by atoms with Gasteiger partial charge in [0.05, 0.1) is 12.7 Å². The van der Waals surface area contributed by atoms with E-state index in [1.54, 1.807) is 0 Å². The summed E-state index contributed by atoms with van der Waals surface area (Å²) in [5.41, 5.74) is 3.67. The van der Waals surface area contributed by atoms with Gasteiger partial charge in [0.25, 0.3) is 0 Å². The molecule has 0 aliphatic carbocycles. The van der Waals surface area contributed by atoms with Gasteiger partial charge in [-0.25, -0.2) is 0 Å². The van der Waals surface area contributed by atoms with E-state index in [2.05, 4.69) is 57.2 Å². The average Bonchev–Trinajstić information content (AvgIpc) is 2.66. The van der Waals surface area contributed by atoms with E-state index >= 15 is 0 Å². The molecule has 0 aliphatic heterocycles. The molecule has 0 aromatic heterocycles. The second kappa shape index (κ2) is 10.9. The van der Waals surface area contributed by atoms with E-state index in [1.807, 2.05) is 12.1 Å². The van der Waals surface area contributed by atoms with Gasteiger partial charge in [0.2, 0.25) is 0 Å². The predicted molar refractivity (Wildman–Crippen MR) is 106 cm³/mol. The summed E-state index contributed by atoms with van der Waals surface area (Å²) in [5, 5.41) is 0. The van der Waals surface area contributed by atoms with Gasteiger partial charge < -0.3 is 9.47 Å². The lowest BCUT2D eigenvalue weighted by Gasteiger charge is -2.14.